The molecule has 122 valence electrons. The average Bonchev–Trinajstić information content (AvgIpc) is 2.55. The fourth-order valence-corrected chi connectivity index (χ4v) is 2.46. The highest BCUT2D eigenvalue weighted by Crippen LogP contribution is 2.22. The first kappa shape index (κ1) is 17.3. The largest absolute Gasteiger partial charge is 0.489 e. The summed E-state index contributed by atoms with van der Waals surface area (Å²) in [6.45, 7) is 5.16. The van der Waals surface area contributed by atoms with E-state index in [0.29, 0.717) is 35.0 Å². The summed E-state index contributed by atoms with van der Waals surface area (Å²) in [6.07, 6.45) is 0. The number of hydrogen-bond acceptors (Lipinski definition) is 2. The molecule has 5 heteroatoms. The number of amides is 1. The quantitative estimate of drug-likeness (QED) is 0.775. The summed E-state index contributed by atoms with van der Waals surface area (Å²) in [5.74, 6) is 0.0413. The van der Waals surface area contributed by atoms with Gasteiger partial charge in [-0.1, -0.05) is 23.7 Å². The van der Waals surface area contributed by atoms with Crippen LogP contribution < -0.4 is 4.74 Å². The molecule has 0 bridgehead atoms. The maximum Gasteiger partial charge on any atom is 0.253 e. The number of halogens is 2. The van der Waals surface area contributed by atoms with E-state index < -0.39 is 5.82 Å². The Morgan fingerprint density at radius 3 is 2.52 bits per heavy atom. The fraction of sp³-hybridized carbons (Fsp3) is 0.278. The van der Waals surface area contributed by atoms with Crippen LogP contribution in [-0.2, 0) is 6.61 Å². The molecule has 0 saturated heterocycles. The summed E-state index contributed by atoms with van der Waals surface area (Å²) in [5, 5.41) is 0.320. The molecule has 0 atom stereocenters. The van der Waals surface area contributed by atoms with Crippen LogP contribution in [-0.4, -0.2) is 23.9 Å². The van der Waals surface area contributed by atoms with Gasteiger partial charge in [0.15, 0.2) is 0 Å². The van der Waals surface area contributed by atoms with Crippen molar-refractivity contribution in [1.29, 1.82) is 0 Å². The zero-order valence-electron chi connectivity index (χ0n) is 13.2. The van der Waals surface area contributed by atoms with Crippen LogP contribution >= 0.6 is 11.6 Å². The normalized spacial score (nSPS) is 10.4. The van der Waals surface area contributed by atoms with Gasteiger partial charge < -0.3 is 9.64 Å². The van der Waals surface area contributed by atoms with Gasteiger partial charge in [0.05, 0.1) is 5.02 Å². The molecule has 0 N–H and O–H groups in total. The monoisotopic (exact) mass is 335 g/mol. The Kier molecular flexibility index (Phi) is 5.99. The molecule has 0 aliphatic rings. The van der Waals surface area contributed by atoms with Crippen LogP contribution in [0.25, 0.3) is 0 Å². The van der Waals surface area contributed by atoms with E-state index in [1.54, 1.807) is 41.3 Å². The summed E-state index contributed by atoms with van der Waals surface area (Å²) in [7, 11) is 0. The van der Waals surface area contributed by atoms with Crippen molar-refractivity contribution in [3.8, 4) is 5.75 Å². The van der Waals surface area contributed by atoms with E-state index in [1.165, 1.54) is 6.07 Å². The van der Waals surface area contributed by atoms with E-state index in [4.69, 9.17) is 16.3 Å². The van der Waals surface area contributed by atoms with Crippen molar-refractivity contribution in [3.05, 3.63) is 64.4 Å². The van der Waals surface area contributed by atoms with Crippen molar-refractivity contribution >= 4 is 17.5 Å². The molecule has 2 aromatic rings. The van der Waals surface area contributed by atoms with Crippen molar-refractivity contribution in [2.75, 3.05) is 13.1 Å². The van der Waals surface area contributed by atoms with Gasteiger partial charge in [0.2, 0.25) is 0 Å². The predicted molar refractivity (Wildman–Crippen MR) is 89.4 cm³/mol. The zero-order valence-corrected chi connectivity index (χ0v) is 13.9. The van der Waals surface area contributed by atoms with E-state index >= 15 is 0 Å². The summed E-state index contributed by atoms with van der Waals surface area (Å²) in [4.78, 5) is 14.1. The highest BCUT2D eigenvalue weighted by atomic mass is 35.5. The minimum absolute atomic E-state index is 0.00835. The molecule has 0 aliphatic heterocycles. The van der Waals surface area contributed by atoms with Gasteiger partial charge in [0.1, 0.15) is 18.2 Å². The second-order valence-corrected chi connectivity index (χ2v) is 5.40. The third-order valence-corrected chi connectivity index (χ3v) is 3.93. The lowest BCUT2D eigenvalue weighted by atomic mass is 10.2. The van der Waals surface area contributed by atoms with Gasteiger partial charge in [-0.15, -0.1) is 0 Å². The molecule has 1 amide bonds. The third kappa shape index (κ3) is 4.23. The van der Waals surface area contributed by atoms with Crippen molar-refractivity contribution < 1.29 is 13.9 Å². The molecular formula is C18H19ClFNO2. The Morgan fingerprint density at radius 2 is 1.87 bits per heavy atom. The van der Waals surface area contributed by atoms with Gasteiger partial charge in [-0.3, -0.25) is 4.79 Å². The van der Waals surface area contributed by atoms with Gasteiger partial charge in [-0.2, -0.15) is 0 Å². The van der Waals surface area contributed by atoms with Crippen LogP contribution in [0.1, 0.15) is 29.8 Å². The van der Waals surface area contributed by atoms with E-state index in [0.717, 1.165) is 0 Å². The number of hydrogen-bond donors (Lipinski definition) is 0. The van der Waals surface area contributed by atoms with Crippen molar-refractivity contribution in [2.45, 2.75) is 20.5 Å². The third-order valence-electron chi connectivity index (χ3n) is 3.58. The van der Waals surface area contributed by atoms with Gasteiger partial charge >= 0.3 is 0 Å². The number of nitrogens with zero attached hydrogens (tertiary/aromatic N) is 1. The summed E-state index contributed by atoms with van der Waals surface area (Å²) in [6, 6.07) is 11.4. The van der Waals surface area contributed by atoms with Gasteiger partial charge in [-0.25, -0.2) is 4.39 Å². The Hall–Kier alpha value is -2.07. The van der Waals surface area contributed by atoms with Crippen LogP contribution in [0.3, 0.4) is 0 Å². The minimum atomic E-state index is -0.409. The van der Waals surface area contributed by atoms with Gasteiger partial charge in [0, 0.05) is 24.2 Å². The molecule has 0 aliphatic carbocycles. The lowest BCUT2D eigenvalue weighted by Crippen LogP contribution is -2.30. The lowest BCUT2D eigenvalue weighted by molar-refractivity contribution is 0.0772. The van der Waals surface area contributed by atoms with Crippen LogP contribution in [0.4, 0.5) is 4.39 Å². The Morgan fingerprint density at radius 1 is 1.17 bits per heavy atom. The molecule has 0 radical (unpaired) electrons. The molecule has 2 rings (SSSR count). The van der Waals surface area contributed by atoms with E-state index in [-0.39, 0.29) is 12.5 Å². The van der Waals surface area contributed by atoms with Crippen molar-refractivity contribution in [2.24, 2.45) is 0 Å². The molecule has 0 unspecified atom stereocenters. The Balaban J connectivity index is 2.13. The lowest BCUT2D eigenvalue weighted by Gasteiger charge is -2.19. The molecule has 0 heterocycles. The molecule has 0 saturated carbocycles. The van der Waals surface area contributed by atoms with E-state index in [2.05, 4.69) is 0 Å². The number of carbonyl (C=O) groups is 1. The van der Waals surface area contributed by atoms with Crippen LogP contribution in [0, 0.1) is 5.82 Å². The Labute approximate surface area is 140 Å². The zero-order chi connectivity index (χ0) is 16.8. The maximum absolute atomic E-state index is 13.7. The van der Waals surface area contributed by atoms with Crippen molar-refractivity contribution in [1.82, 2.24) is 4.90 Å². The topological polar surface area (TPSA) is 29.5 Å². The van der Waals surface area contributed by atoms with Gasteiger partial charge in [0.25, 0.3) is 5.91 Å². The summed E-state index contributed by atoms with van der Waals surface area (Å²) >= 11 is 5.98. The van der Waals surface area contributed by atoms with Gasteiger partial charge in [-0.05, 0) is 44.2 Å². The minimum Gasteiger partial charge on any atom is -0.489 e. The maximum atomic E-state index is 13.7. The van der Waals surface area contributed by atoms with Crippen LogP contribution in [0.2, 0.25) is 5.02 Å². The molecule has 0 fully saturated rings. The molecule has 0 spiro atoms. The average molecular weight is 336 g/mol. The number of benzene rings is 2. The standard InChI is InChI=1S/C18H19ClFNO2/c1-3-21(4-2)18(22)13-7-5-8-14(11-13)23-12-15-16(19)9-6-10-17(15)20/h5-11H,3-4,12H2,1-2H3. The van der Waals surface area contributed by atoms with Crippen LogP contribution in [0.15, 0.2) is 42.5 Å². The van der Waals surface area contributed by atoms with E-state index in [9.17, 15) is 9.18 Å². The number of ether oxygens (including phenoxy) is 1. The number of carbonyl (C=O) groups excluding carboxylic acids is 1. The molecule has 0 aromatic heterocycles. The first-order chi connectivity index (χ1) is 11.1. The first-order valence-electron chi connectivity index (χ1n) is 7.51. The number of rotatable bonds is 6. The first-order valence-corrected chi connectivity index (χ1v) is 7.89. The molecule has 3 nitrogen and oxygen atoms in total. The van der Waals surface area contributed by atoms with Crippen molar-refractivity contribution in [3.63, 3.8) is 0 Å². The highest BCUT2D eigenvalue weighted by Gasteiger charge is 2.13. The smallest absolute Gasteiger partial charge is 0.253 e. The SMILES string of the molecule is CCN(CC)C(=O)c1cccc(OCc2c(F)cccc2Cl)c1. The highest BCUT2D eigenvalue weighted by molar-refractivity contribution is 6.31. The summed E-state index contributed by atoms with van der Waals surface area (Å²) < 4.78 is 19.3. The molecular weight excluding hydrogens is 317 g/mol. The fourth-order valence-electron chi connectivity index (χ4n) is 2.24. The second-order valence-electron chi connectivity index (χ2n) is 4.99. The van der Waals surface area contributed by atoms with Crippen LogP contribution in [0.5, 0.6) is 5.75 Å². The predicted octanol–water partition coefficient (Wildman–Crippen LogP) is 4.54. The molecule has 23 heavy (non-hydrogen) atoms. The second kappa shape index (κ2) is 7.97. The van der Waals surface area contributed by atoms with E-state index in [1.807, 2.05) is 13.8 Å². The Bertz CT molecular complexity index is 666. The molecule has 2 aromatic carbocycles. The summed E-state index contributed by atoms with van der Waals surface area (Å²) in [5.41, 5.74) is 0.848.